The Labute approximate surface area is 199 Å². The van der Waals surface area contributed by atoms with E-state index in [1.165, 1.54) is 6.07 Å². The van der Waals surface area contributed by atoms with Crippen LogP contribution in [0, 0.1) is 10.5 Å². The minimum absolute atomic E-state index is 0.170. The van der Waals surface area contributed by atoms with Gasteiger partial charge in [0.25, 0.3) is 10.0 Å². The molecule has 0 radical (unpaired) electrons. The minimum atomic E-state index is -3.75. The van der Waals surface area contributed by atoms with Crippen molar-refractivity contribution < 1.29 is 13.2 Å². The predicted molar refractivity (Wildman–Crippen MR) is 130 cm³/mol. The molecule has 4 rings (SSSR count). The number of para-hydroxylation sites is 1. The SMILES string of the molecule is Cc1cc(NS(=O)(=O)c2ccc(Cl)cc2I)ccc1Oc1cnn(-c2ccccc2)c1. The molecule has 31 heavy (non-hydrogen) atoms. The van der Waals surface area contributed by atoms with Gasteiger partial charge in [-0.3, -0.25) is 4.72 Å². The van der Waals surface area contributed by atoms with E-state index in [0.29, 0.717) is 25.8 Å². The van der Waals surface area contributed by atoms with E-state index in [-0.39, 0.29) is 4.90 Å². The average Bonchev–Trinajstić information content (AvgIpc) is 3.19. The molecule has 0 spiro atoms. The Morgan fingerprint density at radius 3 is 2.55 bits per heavy atom. The summed E-state index contributed by atoms with van der Waals surface area (Å²) in [6.45, 7) is 1.85. The molecule has 0 aliphatic carbocycles. The molecule has 0 unspecified atom stereocenters. The maximum absolute atomic E-state index is 12.8. The molecule has 6 nitrogen and oxygen atoms in total. The van der Waals surface area contributed by atoms with Crippen LogP contribution in [0.3, 0.4) is 0 Å². The molecule has 0 aliphatic rings. The lowest BCUT2D eigenvalue weighted by Gasteiger charge is -2.12. The van der Waals surface area contributed by atoms with Gasteiger partial charge in [0.15, 0.2) is 5.75 Å². The fourth-order valence-electron chi connectivity index (χ4n) is 2.94. The van der Waals surface area contributed by atoms with Crippen molar-refractivity contribution in [1.29, 1.82) is 0 Å². The summed E-state index contributed by atoms with van der Waals surface area (Å²) in [6.07, 6.45) is 3.42. The Kier molecular flexibility index (Phi) is 6.22. The lowest BCUT2D eigenvalue weighted by atomic mass is 10.2. The number of ether oxygens (including phenoxy) is 1. The highest BCUT2D eigenvalue weighted by atomic mass is 127. The van der Waals surface area contributed by atoms with E-state index >= 15 is 0 Å². The normalized spacial score (nSPS) is 11.3. The largest absolute Gasteiger partial charge is 0.454 e. The standard InChI is InChI=1S/C22H17ClIN3O3S/c1-15-11-17(26-31(28,29)22-10-7-16(23)12-20(22)24)8-9-21(15)30-19-13-25-27(14-19)18-5-3-2-4-6-18/h2-14,26H,1H3. The first-order valence-electron chi connectivity index (χ1n) is 9.18. The van der Waals surface area contributed by atoms with Crippen LogP contribution in [0.25, 0.3) is 5.69 Å². The maximum atomic E-state index is 12.8. The Balaban J connectivity index is 1.51. The van der Waals surface area contributed by atoms with Crippen LogP contribution < -0.4 is 9.46 Å². The van der Waals surface area contributed by atoms with Gasteiger partial charge in [0, 0.05) is 14.3 Å². The molecular weight excluding hydrogens is 549 g/mol. The van der Waals surface area contributed by atoms with Gasteiger partial charge in [-0.1, -0.05) is 29.8 Å². The van der Waals surface area contributed by atoms with Gasteiger partial charge in [-0.25, -0.2) is 13.1 Å². The van der Waals surface area contributed by atoms with Crippen molar-refractivity contribution in [3.8, 4) is 17.2 Å². The number of sulfonamides is 1. The molecule has 0 fully saturated rings. The van der Waals surface area contributed by atoms with Gasteiger partial charge in [-0.05, 0) is 83.6 Å². The smallest absolute Gasteiger partial charge is 0.262 e. The monoisotopic (exact) mass is 565 g/mol. The number of nitrogens with zero attached hydrogens (tertiary/aromatic N) is 2. The van der Waals surface area contributed by atoms with Crippen LogP contribution in [0.4, 0.5) is 5.69 Å². The van der Waals surface area contributed by atoms with Crippen LogP contribution in [0.5, 0.6) is 11.5 Å². The van der Waals surface area contributed by atoms with Gasteiger partial charge in [-0.2, -0.15) is 5.10 Å². The summed E-state index contributed by atoms with van der Waals surface area (Å²) in [4.78, 5) is 0.170. The van der Waals surface area contributed by atoms with Crippen molar-refractivity contribution in [2.75, 3.05) is 4.72 Å². The van der Waals surface area contributed by atoms with E-state index in [4.69, 9.17) is 16.3 Å². The molecular formula is C22H17ClIN3O3S. The van der Waals surface area contributed by atoms with Crippen LogP contribution in [-0.4, -0.2) is 18.2 Å². The number of rotatable bonds is 6. The molecule has 1 heterocycles. The summed E-state index contributed by atoms with van der Waals surface area (Å²) in [5, 5.41) is 4.80. The molecule has 1 aromatic heterocycles. The number of hydrogen-bond donors (Lipinski definition) is 1. The highest BCUT2D eigenvalue weighted by Crippen LogP contribution is 2.29. The molecule has 4 aromatic rings. The molecule has 158 valence electrons. The van der Waals surface area contributed by atoms with Crippen molar-refractivity contribution in [3.05, 3.63) is 93.3 Å². The number of benzene rings is 3. The second-order valence-electron chi connectivity index (χ2n) is 6.72. The average molecular weight is 566 g/mol. The Bertz CT molecular complexity index is 1340. The van der Waals surface area contributed by atoms with Crippen LogP contribution >= 0.6 is 34.2 Å². The highest BCUT2D eigenvalue weighted by molar-refractivity contribution is 14.1. The third kappa shape index (κ3) is 5.03. The molecule has 9 heteroatoms. The molecule has 0 saturated heterocycles. The lowest BCUT2D eigenvalue weighted by Crippen LogP contribution is -2.14. The molecule has 0 saturated carbocycles. The summed E-state index contributed by atoms with van der Waals surface area (Å²) in [6, 6.07) is 19.5. The minimum Gasteiger partial charge on any atom is -0.454 e. The number of aryl methyl sites for hydroxylation is 1. The molecule has 3 aromatic carbocycles. The van der Waals surface area contributed by atoms with Crippen LogP contribution in [0.15, 0.2) is 84.0 Å². The van der Waals surface area contributed by atoms with Gasteiger partial charge < -0.3 is 4.74 Å². The van der Waals surface area contributed by atoms with Crippen LogP contribution in [-0.2, 0) is 10.0 Å². The van der Waals surface area contributed by atoms with Gasteiger partial charge in [0.1, 0.15) is 10.6 Å². The molecule has 1 N–H and O–H groups in total. The second-order valence-corrected chi connectivity index (χ2v) is 9.97. The fraction of sp³-hybridized carbons (Fsp3) is 0.0455. The zero-order valence-electron chi connectivity index (χ0n) is 16.3. The van der Waals surface area contributed by atoms with E-state index in [1.807, 2.05) is 59.8 Å². The topological polar surface area (TPSA) is 73.2 Å². The zero-order valence-corrected chi connectivity index (χ0v) is 20.0. The van der Waals surface area contributed by atoms with Crippen molar-refractivity contribution in [3.63, 3.8) is 0 Å². The summed E-state index contributed by atoms with van der Waals surface area (Å²) < 4.78 is 36.3. The first-order chi connectivity index (χ1) is 14.8. The Morgan fingerprint density at radius 1 is 1.06 bits per heavy atom. The first-order valence-corrected chi connectivity index (χ1v) is 12.1. The zero-order chi connectivity index (χ0) is 22.0. The summed E-state index contributed by atoms with van der Waals surface area (Å²) in [5.74, 6) is 1.19. The van der Waals surface area contributed by atoms with Gasteiger partial charge in [0.2, 0.25) is 0 Å². The third-order valence-electron chi connectivity index (χ3n) is 4.42. The van der Waals surface area contributed by atoms with Crippen molar-refractivity contribution >= 4 is 49.9 Å². The Morgan fingerprint density at radius 2 is 1.84 bits per heavy atom. The first kappa shape index (κ1) is 21.7. The number of anilines is 1. The number of halogens is 2. The summed E-state index contributed by atoms with van der Waals surface area (Å²) in [5.41, 5.74) is 2.14. The van der Waals surface area contributed by atoms with E-state index in [1.54, 1.807) is 47.4 Å². The molecule has 0 aliphatic heterocycles. The summed E-state index contributed by atoms with van der Waals surface area (Å²) >= 11 is 7.88. The fourth-order valence-corrected chi connectivity index (χ4v) is 5.79. The highest BCUT2D eigenvalue weighted by Gasteiger charge is 2.18. The second kappa shape index (κ2) is 8.89. The molecule has 0 amide bonds. The summed E-state index contributed by atoms with van der Waals surface area (Å²) in [7, 11) is -3.75. The van der Waals surface area contributed by atoms with E-state index < -0.39 is 10.0 Å². The Hall–Kier alpha value is -2.56. The number of nitrogens with one attached hydrogen (secondary N) is 1. The van der Waals surface area contributed by atoms with Crippen molar-refractivity contribution in [2.45, 2.75) is 11.8 Å². The maximum Gasteiger partial charge on any atom is 0.262 e. The quantitative estimate of drug-likeness (QED) is 0.290. The van der Waals surface area contributed by atoms with Gasteiger partial charge in [0.05, 0.1) is 18.1 Å². The van der Waals surface area contributed by atoms with Crippen molar-refractivity contribution in [2.24, 2.45) is 0 Å². The van der Waals surface area contributed by atoms with Crippen LogP contribution in [0.2, 0.25) is 5.02 Å². The van der Waals surface area contributed by atoms with Gasteiger partial charge >= 0.3 is 0 Å². The predicted octanol–water partition coefficient (Wildman–Crippen LogP) is 6.03. The lowest BCUT2D eigenvalue weighted by molar-refractivity contribution is 0.479. The number of aromatic nitrogens is 2. The van der Waals surface area contributed by atoms with E-state index in [2.05, 4.69) is 9.82 Å². The molecule has 0 bridgehead atoms. The van der Waals surface area contributed by atoms with Gasteiger partial charge in [-0.15, -0.1) is 0 Å². The van der Waals surface area contributed by atoms with Crippen LogP contribution in [0.1, 0.15) is 5.56 Å². The van der Waals surface area contributed by atoms with E-state index in [0.717, 1.165) is 11.3 Å². The van der Waals surface area contributed by atoms with E-state index in [9.17, 15) is 8.42 Å². The number of hydrogen-bond acceptors (Lipinski definition) is 4. The third-order valence-corrected chi connectivity index (χ3v) is 7.35. The molecule has 0 atom stereocenters. The van der Waals surface area contributed by atoms with Crippen molar-refractivity contribution in [1.82, 2.24) is 9.78 Å².